The van der Waals surface area contributed by atoms with Gasteiger partial charge in [0.05, 0.1) is 16.6 Å². The van der Waals surface area contributed by atoms with Crippen molar-refractivity contribution >= 4 is 66.0 Å². The van der Waals surface area contributed by atoms with Crippen LogP contribution in [0.15, 0.2) is 206 Å². The summed E-state index contributed by atoms with van der Waals surface area (Å²) in [5, 5.41) is 7.49. The molecule has 262 valence electrons. The number of nitrogens with zero attached hydrogens (tertiary/aromatic N) is 1. The van der Waals surface area contributed by atoms with Crippen LogP contribution in [0.4, 0.5) is 0 Å². The summed E-state index contributed by atoms with van der Waals surface area (Å²) in [5.74, 6) is 0. The highest BCUT2D eigenvalue weighted by atomic mass is 15.0. The van der Waals surface area contributed by atoms with Crippen LogP contribution < -0.4 is 0 Å². The van der Waals surface area contributed by atoms with Gasteiger partial charge in [0, 0.05) is 38.3 Å². The van der Waals surface area contributed by atoms with Gasteiger partial charge in [0.25, 0.3) is 0 Å². The highest BCUT2D eigenvalue weighted by molar-refractivity contribution is 6.14. The maximum atomic E-state index is 3.78. The van der Waals surface area contributed by atoms with Gasteiger partial charge in [-0.25, -0.2) is 0 Å². The standard InChI is InChI=1S/C54H36N2/c1-2-13-39(14-3-1)48(44-21-12-16-38-15-4-5-17-43(38)44)33-36-25-27-37(28-26-36)41-34-49(54-50(35-41)45-18-6-9-22-51(45)55-54)40-29-31-42(32-30-40)56-52-23-10-7-19-46(52)47-20-8-11-24-53(47)56/h1-35,55H/b48-33+. The molecule has 0 aliphatic carbocycles. The molecule has 11 rings (SSSR count). The van der Waals surface area contributed by atoms with E-state index in [1.165, 1.54) is 82.3 Å². The van der Waals surface area contributed by atoms with Crippen LogP contribution >= 0.6 is 0 Å². The molecule has 0 saturated heterocycles. The van der Waals surface area contributed by atoms with Crippen LogP contribution in [0.3, 0.4) is 0 Å². The Bertz CT molecular complexity index is 3210. The zero-order chi connectivity index (χ0) is 37.0. The highest BCUT2D eigenvalue weighted by Gasteiger charge is 2.16. The van der Waals surface area contributed by atoms with Crippen molar-refractivity contribution in [1.82, 2.24) is 9.55 Å². The summed E-state index contributed by atoms with van der Waals surface area (Å²) in [6, 6.07) is 74.8. The number of aromatic amines is 1. The van der Waals surface area contributed by atoms with E-state index in [-0.39, 0.29) is 0 Å². The van der Waals surface area contributed by atoms with Crippen molar-refractivity contribution in [3.63, 3.8) is 0 Å². The SMILES string of the molecule is C(=C(/c1ccccc1)c1cccc2ccccc12)/c1ccc(-c2cc(-c3ccc(-n4c5ccccc5c5ccccc54)cc3)c3[nH]c4ccccc4c3c2)cc1. The molecule has 2 heterocycles. The smallest absolute Gasteiger partial charge is 0.0544 e. The fourth-order valence-corrected chi connectivity index (χ4v) is 8.67. The number of nitrogens with one attached hydrogen (secondary N) is 1. The Balaban J connectivity index is 1.02. The summed E-state index contributed by atoms with van der Waals surface area (Å²) in [7, 11) is 0. The van der Waals surface area contributed by atoms with Crippen molar-refractivity contribution in [2.75, 3.05) is 0 Å². The van der Waals surface area contributed by atoms with Crippen molar-refractivity contribution in [2.24, 2.45) is 0 Å². The average molecular weight is 713 g/mol. The van der Waals surface area contributed by atoms with Gasteiger partial charge in [-0.1, -0.05) is 164 Å². The first kappa shape index (κ1) is 32.0. The van der Waals surface area contributed by atoms with Gasteiger partial charge in [0.15, 0.2) is 0 Å². The third-order valence-corrected chi connectivity index (χ3v) is 11.4. The molecular formula is C54H36N2. The number of hydrogen-bond acceptors (Lipinski definition) is 0. The molecule has 2 aromatic heterocycles. The predicted octanol–water partition coefficient (Wildman–Crippen LogP) is 14.5. The van der Waals surface area contributed by atoms with Crippen LogP contribution in [-0.4, -0.2) is 9.55 Å². The molecule has 0 fully saturated rings. The van der Waals surface area contributed by atoms with Crippen LogP contribution in [0, 0.1) is 0 Å². The van der Waals surface area contributed by atoms with Gasteiger partial charge in [-0.15, -0.1) is 0 Å². The number of H-pyrrole nitrogens is 1. The van der Waals surface area contributed by atoms with E-state index in [2.05, 4.69) is 222 Å². The molecule has 2 heteroatoms. The normalized spacial score (nSPS) is 12.0. The molecule has 0 bridgehead atoms. The van der Waals surface area contributed by atoms with Crippen molar-refractivity contribution in [3.8, 4) is 27.9 Å². The molecule has 0 atom stereocenters. The summed E-state index contributed by atoms with van der Waals surface area (Å²) in [4.78, 5) is 3.78. The molecule has 0 amide bonds. The average Bonchev–Trinajstić information content (AvgIpc) is 3.82. The lowest BCUT2D eigenvalue weighted by Crippen LogP contribution is -1.93. The molecular weight excluding hydrogens is 677 g/mol. The van der Waals surface area contributed by atoms with Gasteiger partial charge in [0.1, 0.15) is 0 Å². The Kier molecular flexibility index (Phi) is 7.53. The van der Waals surface area contributed by atoms with Crippen molar-refractivity contribution in [2.45, 2.75) is 0 Å². The van der Waals surface area contributed by atoms with Gasteiger partial charge >= 0.3 is 0 Å². The van der Waals surface area contributed by atoms with Crippen LogP contribution in [0.25, 0.3) is 94.0 Å². The zero-order valence-corrected chi connectivity index (χ0v) is 30.7. The third kappa shape index (κ3) is 5.34. The monoisotopic (exact) mass is 712 g/mol. The molecule has 56 heavy (non-hydrogen) atoms. The maximum absolute atomic E-state index is 3.78. The van der Waals surface area contributed by atoms with Gasteiger partial charge in [-0.3, -0.25) is 0 Å². The molecule has 0 saturated carbocycles. The molecule has 1 N–H and O–H groups in total. The first-order chi connectivity index (χ1) is 27.8. The van der Waals surface area contributed by atoms with E-state index >= 15 is 0 Å². The Labute approximate surface area is 325 Å². The number of hydrogen-bond donors (Lipinski definition) is 1. The Morgan fingerprint density at radius 2 is 1.04 bits per heavy atom. The Morgan fingerprint density at radius 3 is 1.79 bits per heavy atom. The van der Waals surface area contributed by atoms with E-state index in [1.54, 1.807) is 0 Å². The van der Waals surface area contributed by atoms with Crippen LogP contribution in [0.2, 0.25) is 0 Å². The number of aromatic nitrogens is 2. The number of para-hydroxylation sites is 3. The molecule has 9 aromatic carbocycles. The number of rotatable bonds is 6. The minimum Gasteiger partial charge on any atom is -0.354 e. The number of fused-ring (bicyclic) bond motifs is 7. The van der Waals surface area contributed by atoms with E-state index in [0.29, 0.717) is 0 Å². The number of benzene rings is 9. The lowest BCUT2D eigenvalue weighted by atomic mass is 9.91. The van der Waals surface area contributed by atoms with Gasteiger partial charge in [-0.2, -0.15) is 0 Å². The highest BCUT2D eigenvalue weighted by Crippen LogP contribution is 2.39. The molecule has 0 aliphatic rings. The largest absolute Gasteiger partial charge is 0.354 e. The second-order valence-corrected chi connectivity index (χ2v) is 14.6. The first-order valence-corrected chi connectivity index (χ1v) is 19.3. The topological polar surface area (TPSA) is 20.7 Å². The van der Waals surface area contributed by atoms with Crippen molar-refractivity contribution in [1.29, 1.82) is 0 Å². The first-order valence-electron chi connectivity index (χ1n) is 19.3. The van der Waals surface area contributed by atoms with Crippen LogP contribution in [0.1, 0.15) is 16.7 Å². The van der Waals surface area contributed by atoms with E-state index < -0.39 is 0 Å². The lowest BCUT2D eigenvalue weighted by molar-refractivity contribution is 1.18. The lowest BCUT2D eigenvalue weighted by Gasteiger charge is -2.13. The second kappa shape index (κ2) is 13.2. The maximum Gasteiger partial charge on any atom is 0.0544 e. The van der Waals surface area contributed by atoms with E-state index in [0.717, 1.165) is 22.3 Å². The summed E-state index contributed by atoms with van der Waals surface area (Å²) in [6.45, 7) is 0. The summed E-state index contributed by atoms with van der Waals surface area (Å²) in [5.41, 5.74) is 15.4. The predicted molar refractivity (Wildman–Crippen MR) is 238 cm³/mol. The van der Waals surface area contributed by atoms with Gasteiger partial charge in [-0.05, 0) is 98.3 Å². The minimum absolute atomic E-state index is 1.14. The quantitative estimate of drug-likeness (QED) is 0.166. The van der Waals surface area contributed by atoms with E-state index in [4.69, 9.17) is 0 Å². The van der Waals surface area contributed by atoms with Crippen LogP contribution in [0.5, 0.6) is 0 Å². The molecule has 0 aliphatic heterocycles. The fraction of sp³-hybridized carbons (Fsp3) is 0. The van der Waals surface area contributed by atoms with E-state index in [1.807, 2.05) is 0 Å². The Hall–Kier alpha value is -7.42. The molecule has 0 spiro atoms. The molecule has 2 nitrogen and oxygen atoms in total. The fourth-order valence-electron chi connectivity index (χ4n) is 8.67. The van der Waals surface area contributed by atoms with Crippen LogP contribution in [-0.2, 0) is 0 Å². The minimum atomic E-state index is 1.14. The van der Waals surface area contributed by atoms with E-state index in [9.17, 15) is 0 Å². The summed E-state index contributed by atoms with van der Waals surface area (Å²) in [6.07, 6.45) is 2.33. The second-order valence-electron chi connectivity index (χ2n) is 14.6. The van der Waals surface area contributed by atoms with Gasteiger partial charge in [0.2, 0.25) is 0 Å². The molecule has 0 radical (unpaired) electrons. The van der Waals surface area contributed by atoms with Crippen molar-refractivity contribution in [3.05, 3.63) is 223 Å². The summed E-state index contributed by atoms with van der Waals surface area (Å²) < 4.78 is 2.38. The Morgan fingerprint density at radius 1 is 0.429 bits per heavy atom. The molecule has 11 aromatic rings. The third-order valence-electron chi connectivity index (χ3n) is 11.4. The molecule has 0 unspecified atom stereocenters. The zero-order valence-electron chi connectivity index (χ0n) is 30.7. The summed E-state index contributed by atoms with van der Waals surface area (Å²) >= 11 is 0. The van der Waals surface area contributed by atoms with Gasteiger partial charge < -0.3 is 9.55 Å². The van der Waals surface area contributed by atoms with Crippen molar-refractivity contribution < 1.29 is 0 Å².